The Balaban J connectivity index is 2.01. The van der Waals surface area contributed by atoms with Crippen molar-refractivity contribution in [3.63, 3.8) is 0 Å². The van der Waals surface area contributed by atoms with Gasteiger partial charge in [0.05, 0.1) is 5.39 Å². The van der Waals surface area contributed by atoms with Crippen molar-refractivity contribution in [3.05, 3.63) is 16.8 Å². The van der Waals surface area contributed by atoms with E-state index < -0.39 is 0 Å². The molecule has 3 nitrogen and oxygen atoms in total. The Kier molecular flexibility index (Phi) is 4.75. The molecule has 4 heteroatoms. The molecule has 0 atom stereocenters. The zero-order valence-corrected chi connectivity index (χ0v) is 13.1. The maximum absolute atomic E-state index is 4.40. The first-order valence-electron chi connectivity index (χ1n) is 7.04. The van der Waals surface area contributed by atoms with E-state index in [-0.39, 0.29) is 0 Å². The van der Waals surface area contributed by atoms with Crippen molar-refractivity contribution in [2.24, 2.45) is 5.92 Å². The fourth-order valence-electron chi connectivity index (χ4n) is 2.20. The lowest BCUT2D eigenvalue weighted by atomic mass is 10.1. The predicted molar refractivity (Wildman–Crippen MR) is 84.1 cm³/mol. The van der Waals surface area contributed by atoms with Crippen LogP contribution in [0.3, 0.4) is 0 Å². The predicted octanol–water partition coefficient (Wildman–Crippen LogP) is 4.55. The van der Waals surface area contributed by atoms with Crippen LogP contribution in [0.4, 0.5) is 5.82 Å². The normalized spacial score (nSPS) is 11.4. The summed E-state index contributed by atoms with van der Waals surface area (Å²) in [5, 5.41) is 4.67. The summed E-state index contributed by atoms with van der Waals surface area (Å²) in [6, 6.07) is 0. The quantitative estimate of drug-likeness (QED) is 0.787. The van der Waals surface area contributed by atoms with E-state index in [0.717, 1.165) is 23.1 Å². The molecule has 0 fully saturated rings. The Morgan fingerprint density at radius 3 is 2.74 bits per heavy atom. The standard InChI is InChI=1S/C15H23N3S/c1-10(2)7-5-6-8-16-14-13-11(3)12(4)19-15(13)18-9-17-14/h9-10H,5-8H2,1-4H3,(H,16,17,18). The Hall–Kier alpha value is -1.16. The SMILES string of the molecule is Cc1sc2ncnc(NCCCCC(C)C)c2c1C. The van der Waals surface area contributed by atoms with Crippen LogP contribution >= 0.6 is 11.3 Å². The van der Waals surface area contributed by atoms with Crippen molar-refractivity contribution < 1.29 is 0 Å². The van der Waals surface area contributed by atoms with Crippen LogP contribution in [0.25, 0.3) is 10.2 Å². The lowest BCUT2D eigenvalue weighted by Gasteiger charge is -2.08. The minimum absolute atomic E-state index is 0.799. The molecule has 0 bridgehead atoms. The third-order valence-electron chi connectivity index (χ3n) is 3.47. The number of aryl methyl sites for hydroxylation is 2. The van der Waals surface area contributed by atoms with Crippen molar-refractivity contribution in [2.75, 3.05) is 11.9 Å². The highest BCUT2D eigenvalue weighted by molar-refractivity contribution is 7.18. The lowest BCUT2D eigenvalue weighted by Crippen LogP contribution is -2.04. The van der Waals surface area contributed by atoms with Gasteiger partial charge in [-0.3, -0.25) is 0 Å². The number of hydrogen-bond acceptors (Lipinski definition) is 4. The molecule has 2 rings (SSSR count). The highest BCUT2D eigenvalue weighted by atomic mass is 32.1. The number of hydrogen-bond donors (Lipinski definition) is 1. The van der Waals surface area contributed by atoms with Gasteiger partial charge < -0.3 is 5.32 Å². The molecule has 0 saturated heterocycles. The Morgan fingerprint density at radius 1 is 1.21 bits per heavy atom. The molecule has 0 aromatic carbocycles. The Bertz CT molecular complexity index is 546. The fourth-order valence-corrected chi connectivity index (χ4v) is 3.20. The molecule has 2 aromatic rings. The number of nitrogens with one attached hydrogen (secondary N) is 1. The van der Waals surface area contributed by atoms with Crippen molar-refractivity contribution in [1.29, 1.82) is 0 Å². The summed E-state index contributed by atoms with van der Waals surface area (Å²) in [6.07, 6.45) is 5.44. The van der Waals surface area contributed by atoms with Gasteiger partial charge in [-0.2, -0.15) is 0 Å². The van der Waals surface area contributed by atoms with E-state index in [0.29, 0.717) is 0 Å². The molecule has 0 saturated carbocycles. The monoisotopic (exact) mass is 277 g/mol. The zero-order chi connectivity index (χ0) is 13.8. The van der Waals surface area contributed by atoms with Crippen LogP contribution < -0.4 is 5.32 Å². The van der Waals surface area contributed by atoms with E-state index in [2.05, 4.69) is 43.0 Å². The molecule has 0 aliphatic rings. The fraction of sp³-hybridized carbons (Fsp3) is 0.600. The van der Waals surface area contributed by atoms with Gasteiger partial charge in [0.2, 0.25) is 0 Å². The van der Waals surface area contributed by atoms with Crippen molar-refractivity contribution in [2.45, 2.75) is 47.0 Å². The largest absolute Gasteiger partial charge is 0.369 e. The smallest absolute Gasteiger partial charge is 0.138 e. The minimum atomic E-state index is 0.799. The van der Waals surface area contributed by atoms with E-state index >= 15 is 0 Å². The number of anilines is 1. The number of aromatic nitrogens is 2. The first-order valence-corrected chi connectivity index (χ1v) is 7.85. The molecule has 19 heavy (non-hydrogen) atoms. The second-order valence-electron chi connectivity index (χ2n) is 5.50. The molecule has 0 aliphatic carbocycles. The van der Waals surface area contributed by atoms with Gasteiger partial charge in [-0.15, -0.1) is 11.3 Å². The van der Waals surface area contributed by atoms with Gasteiger partial charge in [-0.1, -0.05) is 26.7 Å². The first kappa shape index (κ1) is 14.3. The van der Waals surface area contributed by atoms with Gasteiger partial charge in [0.25, 0.3) is 0 Å². The molecule has 0 radical (unpaired) electrons. The van der Waals surface area contributed by atoms with E-state index in [1.807, 2.05) is 0 Å². The van der Waals surface area contributed by atoms with Gasteiger partial charge in [0.1, 0.15) is 17.0 Å². The molecular weight excluding hydrogens is 254 g/mol. The molecule has 0 unspecified atom stereocenters. The van der Waals surface area contributed by atoms with Crippen LogP contribution in [0.2, 0.25) is 0 Å². The van der Waals surface area contributed by atoms with Crippen LogP contribution in [0.5, 0.6) is 0 Å². The Morgan fingerprint density at radius 2 is 2.00 bits per heavy atom. The maximum Gasteiger partial charge on any atom is 0.138 e. The summed E-state index contributed by atoms with van der Waals surface area (Å²) < 4.78 is 0. The topological polar surface area (TPSA) is 37.8 Å². The van der Waals surface area contributed by atoms with E-state index in [1.54, 1.807) is 17.7 Å². The number of thiophene rings is 1. The summed E-state index contributed by atoms with van der Waals surface area (Å²) in [7, 11) is 0. The number of rotatable bonds is 6. The number of fused-ring (bicyclic) bond motifs is 1. The number of unbranched alkanes of at least 4 members (excludes halogenated alkanes) is 1. The number of nitrogens with zero attached hydrogens (tertiary/aromatic N) is 2. The van der Waals surface area contributed by atoms with Gasteiger partial charge in [0.15, 0.2) is 0 Å². The van der Waals surface area contributed by atoms with Gasteiger partial charge in [-0.05, 0) is 31.7 Å². The second-order valence-corrected chi connectivity index (χ2v) is 6.71. The van der Waals surface area contributed by atoms with E-state index in [4.69, 9.17) is 0 Å². The van der Waals surface area contributed by atoms with Gasteiger partial charge >= 0.3 is 0 Å². The van der Waals surface area contributed by atoms with Crippen molar-refractivity contribution >= 4 is 27.4 Å². The van der Waals surface area contributed by atoms with Crippen LogP contribution in [0.15, 0.2) is 6.33 Å². The molecule has 0 spiro atoms. The van der Waals surface area contributed by atoms with Gasteiger partial charge in [-0.25, -0.2) is 9.97 Å². The summed E-state index contributed by atoms with van der Waals surface area (Å²) >= 11 is 1.75. The van der Waals surface area contributed by atoms with Crippen LogP contribution in [-0.2, 0) is 0 Å². The minimum Gasteiger partial charge on any atom is -0.369 e. The molecule has 2 heterocycles. The first-order chi connectivity index (χ1) is 9.09. The Labute approximate surface area is 119 Å². The van der Waals surface area contributed by atoms with Crippen LogP contribution in [0, 0.1) is 19.8 Å². The molecular formula is C15H23N3S. The average molecular weight is 277 g/mol. The highest BCUT2D eigenvalue weighted by Gasteiger charge is 2.11. The lowest BCUT2D eigenvalue weighted by molar-refractivity contribution is 0.544. The molecule has 104 valence electrons. The summed E-state index contributed by atoms with van der Waals surface area (Å²) in [5.41, 5.74) is 1.31. The van der Waals surface area contributed by atoms with Crippen LogP contribution in [-0.4, -0.2) is 16.5 Å². The summed E-state index contributed by atoms with van der Waals surface area (Å²) in [5.74, 6) is 1.80. The molecule has 1 N–H and O–H groups in total. The highest BCUT2D eigenvalue weighted by Crippen LogP contribution is 2.32. The van der Waals surface area contributed by atoms with Crippen molar-refractivity contribution in [1.82, 2.24) is 9.97 Å². The molecule has 0 amide bonds. The molecule has 0 aliphatic heterocycles. The summed E-state index contributed by atoms with van der Waals surface area (Å²) in [4.78, 5) is 11.2. The van der Waals surface area contributed by atoms with Gasteiger partial charge in [0, 0.05) is 11.4 Å². The van der Waals surface area contributed by atoms with E-state index in [1.165, 1.54) is 35.1 Å². The van der Waals surface area contributed by atoms with Crippen LogP contribution in [0.1, 0.15) is 43.6 Å². The van der Waals surface area contributed by atoms with E-state index in [9.17, 15) is 0 Å². The maximum atomic E-state index is 4.40. The molecule has 2 aromatic heterocycles. The second kappa shape index (κ2) is 6.33. The van der Waals surface area contributed by atoms with Crippen molar-refractivity contribution in [3.8, 4) is 0 Å². The summed E-state index contributed by atoms with van der Waals surface area (Å²) in [6.45, 7) is 9.85. The third-order valence-corrected chi connectivity index (χ3v) is 4.58. The third kappa shape index (κ3) is 3.44. The zero-order valence-electron chi connectivity index (χ0n) is 12.3. The average Bonchev–Trinajstić information content (AvgIpc) is 2.65.